The van der Waals surface area contributed by atoms with Crippen molar-refractivity contribution in [3.05, 3.63) is 82.9 Å². The van der Waals surface area contributed by atoms with Crippen LogP contribution in [0.25, 0.3) is 11.8 Å². The second kappa shape index (κ2) is 9.70. The number of hydrogen-bond donors (Lipinski definition) is 0. The molecule has 0 atom stereocenters. The van der Waals surface area contributed by atoms with Crippen LogP contribution in [0.1, 0.15) is 28.9 Å². The average molecular weight is 444 g/mol. The number of nitriles is 1. The van der Waals surface area contributed by atoms with Gasteiger partial charge in [0.15, 0.2) is 0 Å². The first-order chi connectivity index (χ1) is 16.0. The normalized spacial score (nSPS) is 14.4. The van der Waals surface area contributed by atoms with Gasteiger partial charge in [0.1, 0.15) is 5.82 Å². The summed E-state index contributed by atoms with van der Waals surface area (Å²) in [5.41, 5.74) is 5.08. The quantitative estimate of drug-likeness (QED) is 0.566. The van der Waals surface area contributed by atoms with Crippen LogP contribution < -0.4 is 4.90 Å². The van der Waals surface area contributed by atoms with Gasteiger partial charge in [0.25, 0.3) is 0 Å². The molecule has 3 aromatic rings. The number of benzene rings is 2. The summed E-state index contributed by atoms with van der Waals surface area (Å²) in [5.74, 6) is -0.314. The number of carbonyl (C=O) groups is 1. The number of amides is 1. The van der Waals surface area contributed by atoms with Gasteiger partial charge in [-0.25, -0.2) is 9.07 Å². The molecule has 1 saturated heterocycles. The van der Waals surface area contributed by atoms with E-state index >= 15 is 0 Å². The predicted molar refractivity (Wildman–Crippen MR) is 127 cm³/mol. The molecule has 0 spiro atoms. The maximum Gasteiger partial charge on any atom is 0.246 e. The average Bonchev–Trinajstić information content (AvgIpc) is 2.98. The van der Waals surface area contributed by atoms with Crippen molar-refractivity contribution in [3.8, 4) is 11.8 Å². The van der Waals surface area contributed by atoms with Crippen LogP contribution in [0.4, 0.5) is 10.1 Å². The first-order valence-electron chi connectivity index (χ1n) is 11.0. The van der Waals surface area contributed by atoms with Crippen molar-refractivity contribution in [2.75, 3.05) is 31.1 Å². The van der Waals surface area contributed by atoms with E-state index in [2.05, 4.69) is 16.1 Å². The third-order valence-corrected chi connectivity index (χ3v) is 5.98. The third kappa shape index (κ3) is 4.96. The molecule has 0 N–H and O–H groups in total. The molecular weight excluding hydrogens is 417 g/mol. The van der Waals surface area contributed by atoms with E-state index in [0.29, 0.717) is 18.7 Å². The van der Waals surface area contributed by atoms with Crippen molar-refractivity contribution >= 4 is 17.7 Å². The number of nitrogens with zero attached hydrogens (tertiary/aromatic N) is 5. The summed E-state index contributed by atoms with van der Waals surface area (Å²) in [4.78, 5) is 17.0. The highest BCUT2D eigenvalue weighted by Crippen LogP contribution is 2.21. The van der Waals surface area contributed by atoms with Gasteiger partial charge in [-0.05, 0) is 74.9 Å². The minimum Gasteiger partial charge on any atom is -0.370 e. The molecule has 1 amide bonds. The summed E-state index contributed by atoms with van der Waals surface area (Å²) in [7, 11) is 0. The van der Waals surface area contributed by atoms with Gasteiger partial charge in [-0.3, -0.25) is 4.79 Å². The number of aryl methyl sites for hydroxylation is 1. The maximum absolute atomic E-state index is 13.3. The zero-order chi connectivity index (χ0) is 23.4. The summed E-state index contributed by atoms with van der Waals surface area (Å²) >= 11 is 0. The summed E-state index contributed by atoms with van der Waals surface area (Å²) in [6, 6.07) is 15.9. The molecule has 1 aliphatic heterocycles. The van der Waals surface area contributed by atoms with E-state index in [0.717, 1.165) is 47.8 Å². The maximum atomic E-state index is 13.3. The lowest BCUT2D eigenvalue weighted by molar-refractivity contribution is -0.125. The van der Waals surface area contributed by atoms with Crippen molar-refractivity contribution in [2.45, 2.75) is 20.3 Å². The lowest BCUT2D eigenvalue weighted by Gasteiger charge is -2.23. The minimum absolute atomic E-state index is 0.0231. The smallest absolute Gasteiger partial charge is 0.246 e. The van der Waals surface area contributed by atoms with Crippen LogP contribution in [-0.2, 0) is 4.79 Å². The molecule has 168 valence electrons. The van der Waals surface area contributed by atoms with Crippen LogP contribution in [0.3, 0.4) is 0 Å². The number of rotatable bonds is 4. The number of anilines is 1. The highest BCUT2D eigenvalue weighted by Gasteiger charge is 2.18. The zero-order valence-electron chi connectivity index (χ0n) is 18.8. The van der Waals surface area contributed by atoms with E-state index < -0.39 is 0 Å². The molecule has 4 rings (SSSR count). The molecule has 0 saturated carbocycles. The second-order valence-electron chi connectivity index (χ2n) is 8.13. The molecule has 0 bridgehead atoms. The van der Waals surface area contributed by atoms with Gasteiger partial charge in [0, 0.05) is 49.2 Å². The van der Waals surface area contributed by atoms with Crippen LogP contribution >= 0.6 is 0 Å². The Labute approximate surface area is 193 Å². The standard InChI is InChI=1S/C26H26FN5O/c1-19-25(20(2)32(29-19)24-10-6-22(27)7-11-24)12-13-26(33)31-15-3-14-30(16-17-31)23-8-4-21(18-28)5-9-23/h4-13H,3,14-17H2,1-2H3/b13-12+. The Hall–Kier alpha value is -3.92. The Kier molecular flexibility index (Phi) is 6.55. The minimum atomic E-state index is -0.291. The van der Waals surface area contributed by atoms with E-state index in [1.54, 1.807) is 22.9 Å². The van der Waals surface area contributed by atoms with Gasteiger partial charge in [0.2, 0.25) is 5.91 Å². The fourth-order valence-electron chi connectivity index (χ4n) is 4.13. The molecule has 0 unspecified atom stereocenters. The molecule has 7 heteroatoms. The van der Waals surface area contributed by atoms with Gasteiger partial charge in [-0.2, -0.15) is 10.4 Å². The molecule has 33 heavy (non-hydrogen) atoms. The summed E-state index contributed by atoms with van der Waals surface area (Å²) in [5, 5.41) is 13.5. The van der Waals surface area contributed by atoms with Crippen LogP contribution in [-0.4, -0.2) is 46.8 Å². The Morgan fingerprint density at radius 1 is 1.00 bits per heavy atom. The zero-order valence-corrected chi connectivity index (χ0v) is 18.8. The summed E-state index contributed by atoms with van der Waals surface area (Å²) < 4.78 is 15.0. The van der Waals surface area contributed by atoms with Gasteiger partial charge < -0.3 is 9.80 Å². The molecule has 1 fully saturated rings. The molecule has 1 aromatic heterocycles. The molecule has 2 aromatic carbocycles. The van der Waals surface area contributed by atoms with Crippen LogP contribution in [0.15, 0.2) is 54.6 Å². The van der Waals surface area contributed by atoms with Crippen molar-refractivity contribution in [1.82, 2.24) is 14.7 Å². The lowest BCUT2D eigenvalue weighted by Crippen LogP contribution is -2.34. The van der Waals surface area contributed by atoms with E-state index in [1.807, 2.05) is 49.1 Å². The van der Waals surface area contributed by atoms with Crippen molar-refractivity contribution in [3.63, 3.8) is 0 Å². The highest BCUT2D eigenvalue weighted by molar-refractivity contribution is 5.92. The van der Waals surface area contributed by atoms with E-state index in [9.17, 15) is 9.18 Å². The number of carbonyl (C=O) groups excluding carboxylic acids is 1. The first-order valence-corrected chi connectivity index (χ1v) is 11.0. The fourth-order valence-corrected chi connectivity index (χ4v) is 4.13. The fraction of sp³-hybridized carbons (Fsp3) is 0.269. The predicted octanol–water partition coefficient (Wildman–Crippen LogP) is 4.25. The first kappa shape index (κ1) is 22.3. The van der Waals surface area contributed by atoms with Crippen LogP contribution in [0.2, 0.25) is 0 Å². The molecule has 6 nitrogen and oxygen atoms in total. The Balaban J connectivity index is 1.43. The Bertz CT molecular complexity index is 1210. The second-order valence-corrected chi connectivity index (χ2v) is 8.13. The van der Waals surface area contributed by atoms with Gasteiger partial charge in [0.05, 0.1) is 23.0 Å². The van der Waals surface area contributed by atoms with Crippen molar-refractivity contribution in [2.24, 2.45) is 0 Å². The van der Waals surface area contributed by atoms with E-state index in [1.165, 1.54) is 12.1 Å². The molecule has 0 radical (unpaired) electrons. The summed E-state index contributed by atoms with van der Waals surface area (Å²) in [6.07, 6.45) is 4.31. The largest absolute Gasteiger partial charge is 0.370 e. The van der Waals surface area contributed by atoms with Gasteiger partial charge in [-0.1, -0.05) is 0 Å². The monoisotopic (exact) mass is 443 g/mol. The Morgan fingerprint density at radius 2 is 1.70 bits per heavy atom. The van der Waals surface area contributed by atoms with Gasteiger partial charge >= 0.3 is 0 Å². The highest BCUT2D eigenvalue weighted by atomic mass is 19.1. The molecule has 0 aliphatic carbocycles. The number of hydrogen-bond acceptors (Lipinski definition) is 4. The van der Waals surface area contributed by atoms with Crippen molar-refractivity contribution in [1.29, 1.82) is 5.26 Å². The SMILES string of the molecule is Cc1nn(-c2ccc(F)cc2)c(C)c1/C=C/C(=O)N1CCCN(c2ccc(C#N)cc2)CC1. The molecular formula is C26H26FN5O. The van der Waals surface area contributed by atoms with Crippen molar-refractivity contribution < 1.29 is 9.18 Å². The third-order valence-electron chi connectivity index (χ3n) is 5.98. The van der Waals surface area contributed by atoms with Crippen LogP contribution in [0.5, 0.6) is 0 Å². The molecule has 2 heterocycles. The lowest BCUT2D eigenvalue weighted by atomic mass is 10.1. The van der Waals surface area contributed by atoms with Crippen LogP contribution in [0, 0.1) is 31.0 Å². The Morgan fingerprint density at radius 3 is 2.39 bits per heavy atom. The molecule has 1 aliphatic rings. The topological polar surface area (TPSA) is 65.2 Å². The van der Waals surface area contributed by atoms with E-state index in [-0.39, 0.29) is 11.7 Å². The number of aromatic nitrogens is 2. The van der Waals surface area contributed by atoms with E-state index in [4.69, 9.17) is 5.26 Å². The van der Waals surface area contributed by atoms with Gasteiger partial charge in [-0.15, -0.1) is 0 Å². The summed E-state index contributed by atoms with van der Waals surface area (Å²) in [6.45, 7) is 6.78. The number of halogens is 1.